The van der Waals surface area contributed by atoms with Crippen LogP contribution in [0.15, 0.2) is 24.3 Å². The van der Waals surface area contributed by atoms with Gasteiger partial charge in [0.05, 0.1) is 6.42 Å². The van der Waals surface area contributed by atoms with E-state index >= 15 is 0 Å². The second-order valence-corrected chi connectivity index (χ2v) is 3.97. The van der Waals surface area contributed by atoms with Crippen LogP contribution < -0.4 is 10.6 Å². The van der Waals surface area contributed by atoms with Crippen molar-refractivity contribution in [2.24, 2.45) is 5.73 Å². The summed E-state index contributed by atoms with van der Waals surface area (Å²) in [6.07, 6.45) is -0.0400. The maximum absolute atomic E-state index is 10.6. The van der Waals surface area contributed by atoms with E-state index in [0.29, 0.717) is 0 Å². The van der Waals surface area contributed by atoms with Crippen molar-refractivity contribution in [3.63, 3.8) is 0 Å². The molecule has 1 unspecified atom stereocenters. The van der Waals surface area contributed by atoms with E-state index in [-0.39, 0.29) is 6.42 Å². The van der Waals surface area contributed by atoms with Gasteiger partial charge in [0, 0.05) is 24.8 Å². The van der Waals surface area contributed by atoms with Gasteiger partial charge in [0.1, 0.15) is 0 Å². The number of rotatable bonds is 6. The molecule has 0 saturated heterocycles. The lowest BCUT2D eigenvalue weighted by Gasteiger charge is -2.22. The Labute approximate surface area is 102 Å². The molecule has 4 heteroatoms. The Morgan fingerprint density at radius 1 is 1.41 bits per heavy atom. The number of benzene rings is 1. The Bertz CT molecular complexity index is 375. The van der Waals surface area contributed by atoms with E-state index in [1.807, 2.05) is 24.3 Å². The molecule has 0 fully saturated rings. The SMILES string of the molecule is CCN(CC)c1cccc(C(N)CC(=O)O)c1. The predicted octanol–water partition coefficient (Wildman–Crippen LogP) is 2.01. The van der Waals surface area contributed by atoms with Crippen molar-refractivity contribution in [1.82, 2.24) is 0 Å². The van der Waals surface area contributed by atoms with E-state index in [9.17, 15) is 4.79 Å². The summed E-state index contributed by atoms with van der Waals surface area (Å²) in [6, 6.07) is 7.35. The van der Waals surface area contributed by atoms with Gasteiger partial charge >= 0.3 is 5.97 Å². The number of anilines is 1. The number of carbonyl (C=O) groups is 1. The molecule has 0 saturated carbocycles. The topological polar surface area (TPSA) is 66.6 Å². The van der Waals surface area contributed by atoms with Crippen LogP contribution in [0, 0.1) is 0 Å². The molecule has 0 aromatic heterocycles. The molecule has 3 N–H and O–H groups in total. The number of hydrogen-bond donors (Lipinski definition) is 2. The van der Waals surface area contributed by atoms with Crippen LogP contribution >= 0.6 is 0 Å². The molecule has 17 heavy (non-hydrogen) atoms. The number of nitrogens with zero attached hydrogens (tertiary/aromatic N) is 1. The quantitative estimate of drug-likeness (QED) is 0.793. The number of carboxylic acid groups (broad SMARTS) is 1. The minimum atomic E-state index is -0.870. The van der Waals surface area contributed by atoms with Crippen molar-refractivity contribution in [2.45, 2.75) is 26.3 Å². The van der Waals surface area contributed by atoms with Gasteiger partial charge in [-0.3, -0.25) is 4.79 Å². The van der Waals surface area contributed by atoms with Crippen LogP contribution in [0.5, 0.6) is 0 Å². The monoisotopic (exact) mass is 236 g/mol. The summed E-state index contributed by atoms with van der Waals surface area (Å²) < 4.78 is 0. The van der Waals surface area contributed by atoms with E-state index in [1.54, 1.807) is 0 Å². The highest BCUT2D eigenvalue weighted by molar-refractivity contribution is 5.68. The summed E-state index contributed by atoms with van der Waals surface area (Å²) in [5.74, 6) is -0.870. The lowest BCUT2D eigenvalue weighted by Crippen LogP contribution is -2.22. The number of nitrogens with two attached hydrogens (primary N) is 1. The van der Waals surface area contributed by atoms with Crippen molar-refractivity contribution in [2.75, 3.05) is 18.0 Å². The molecular formula is C13H20N2O2. The first kappa shape index (κ1) is 13.5. The molecule has 0 heterocycles. The summed E-state index contributed by atoms with van der Waals surface area (Å²) in [5, 5.41) is 8.73. The third kappa shape index (κ3) is 3.75. The van der Waals surface area contributed by atoms with E-state index in [0.717, 1.165) is 24.3 Å². The smallest absolute Gasteiger partial charge is 0.305 e. The first-order valence-corrected chi connectivity index (χ1v) is 5.90. The second kappa shape index (κ2) is 6.25. The first-order chi connectivity index (χ1) is 8.08. The van der Waals surface area contributed by atoms with E-state index in [4.69, 9.17) is 10.8 Å². The van der Waals surface area contributed by atoms with Gasteiger partial charge in [-0.25, -0.2) is 0 Å². The summed E-state index contributed by atoms with van der Waals surface area (Å²) in [6.45, 7) is 6.03. The minimum Gasteiger partial charge on any atom is -0.481 e. The van der Waals surface area contributed by atoms with Crippen LogP contribution in [0.4, 0.5) is 5.69 Å². The summed E-state index contributed by atoms with van der Waals surface area (Å²) in [4.78, 5) is 12.8. The summed E-state index contributed by atoms with van der Waals surface area (Å²) >= 11 is 0. The van der Waals surface area contributed by atoms with Gasteiger partial charge in [-0.15, -0.1) is 0 Å². The highest BCUT2D eigenvalue weighted by atomic mass is 16.4. The van der Waals surface area contributed by atoms with Gasteiger partial charge < -0.3 is 15.7 Å². The van der Waals surface area contributed by atoms with Crippen LogP contribution in [-0.2, 0) is 4.79 Å². The highest BCUT2D eigenvalue weighted by Crippen LogP contribution is 2.21. The molecule has 0 aliphatic rings. The van der Waals surface area contributed by atoms with E-state index in [2.05, 4.69) is 18.7 Å². The maximum atomic E-state index is 10.6. The molecule has 0 aliphatic carbocycles. The van der Waals surface area contributed by atoms with Gasteiger partial charge in [-0.1, -0.05) is 12.1 Å². The third-order valence-electron chi connectivity index (χ3n) is 2.82. The Morgan fingerprint density at radius 3 is 2.59 bits per heavy atom. The zero-order chi connectivity index (χ0) is 12.8. The summed E-state index contributed by atoms with van der Waals surface area (Å²) in [7, 11) is 0. The molecule has 0 spiro atoms. The number of aliphatic carboxylic acids is 1. The van der Waals surface area contributed by atoms with Gasteiger partial charge in [-0.05, 0) is 31.5 Å². The maximum Gasteiger partial charge on any atom is 0.305 e. The molecule has 1 aromatic carbocycles. The molecule has 4 nitrogen and oxygen atoms in total. The molecule has 1 rings (SSSR count). The predicted molar refractivity (Wildman–Crippen MR) is 69.2 cm³/mol. The third-order valence-corrected chi connectivity index (χ3v) is 2.82. The largest absolute Gasteiger partial charge is 0.481 e. The molecule has 0 amide bonds. The first-order valence-electron chi connectivity index (χ1n) is 5.90. The average Bonchev–Trinajstić information content (AvgIpc) is 2.30. The molecule has 0 radical (unpaired) electrons. The van der Waals surface area contributed by atoms with Crippen molar-refractivity contribution >= 4 is 11.7 Å². The molecule has 0 bridgehead atoms. The Morgan fingerprint density at radius 2 is 2.06 bits per heavy atom. The van der Waals surface area contributed by atoms with Gasteiger partial charge in [0.25, 0.3) is 0 Å². The van der Waals surface area contributed by atoms with Crippen LogP contribution in [0.2, 0.25) is 0 Å². The normalized spacial score (nSPS) is 12.2. The molecule has 94 valence electrons. The Hall–Kier alpha value is -1.55. The fraction of sp³-hybridized carbons (Fsp3) is 0.462. The van der Waals surface area contributed by atoms with Crippen molar-refractivity contribution in [1.29, 1.82) is 0 Å². The number of hydrogen-bond acceptors (Lipinski definition) is 3. The Balaban J connectivity index is 2.88. The molecular weight excluding hydrogens is 216 g/mol. The van der Waals surface area contributed by atoms with Crippen molar-refractivity contribution in [3.8, 4) is 0 Å². The highest BCUT2D eigenvalue weighted by Gasteiger charge is 2.11. The van der Waals surface area contributed by atoms with Gasteiger partial charge in [0.15, 0.2) is 0 Å². The van der Waals surface area contributed by atoms with Crippen LogP contribution in [0.25, 0.3) is 0 Å². The van der Waals surface area contributed by atoms with Crippen LogP contribution in [-0.4, -0.2) is 24.2 Å². The second-order valence-electron chi connectivity index (χ2n) is 3.97. The standard InChI is InChI=1S/C13H20N2O2/c1-3-15(4-2)11-7-5-6-10(8-11)12(14)9-13(16)17/h5-8,12H,3-4,9,14H2,1-2H3,(H,16,17). The average molecular weight is 236 g/mol. The molecule has 0 aliphatic heterocycles. The fourth-order valence-electron chi connectivity index (χ4n) is 1.85. The van der Waals surface area contributed by atoms with E-state index < -0.39 is 12.0 Å². The van der Waals surface area contributed by atoms with Gasteiger partial charge in [-0.2, -0.15) is 0 Å². The number of carboxylic acids is 1. The van der Waals surface area contributed by atoms with Crippen LogP contribution in [0.1, 0.15) is 31.9 Å². The minimum absolute atomic E-state index is 0.0400. The fourth-order valence-corrected chi connectivity index (χ4v) is 1.85. The molecule has 1 atom stereocenters. The lowest BCUT2D eigenvalue weighted by molar-refractivity contribution is -0.137. The molecule has 1 aromatic rings. The Kier molecular flexibility index (Phi) is 4.97. The summed E-state index contributed by atoms with van der Waals surface area (Å²) in [5.41, 5.74) is 7.81. The lowest BCUT2D eigenvalue weighted by atomic mass is 10.0. The van der Waals surface area contributed by atoms with Crippen molar-refractivity contribution < 1.29 is 9.90 Å². The van der Waals surface area contributed by atoms with Crippen LogP contribution in [0.3, 0.4) is 0 Å². The van der Waals surface area contributed by atoms with Crippen molar-refractivity contribution in [3.05, 3.63) is 29.8 Å². The zero-order valence-corrected chi connectivity index (χ0v) is 10.4. The van der Waals surface area contributed by atoms with E-state index in [1.165, 1.54) is 0 Å². The zero-order valence-electron chi connectivity index (χ0n) is 10.4. The van der Waals surface area contributed by atoms with Gasteiger partial charge in [0.2, 0.25) is 0 Å².